The Morgan fingerprint density at radius 1 is 1.28 bits per heavy atom. The Kier molecular flexibility index (Phi) is 5.66. The van der Waals surface area contributed by atoms with Crippen molar-refractivity contribution in [3.8, 4) is 0 Å². The van der Waals surface area contributed by atoms with Crippen molar-refractivity contribution in [3.63, 3.8) is 0 Å². The zero-order valence-corrected chi connectivity index (χ0v) is 12.0. The van der Waals surface area contributed by atoms with Gasteiger partial charge in [0.2, 0.25) is 0 Å². The lowest BCUT2D eigenvalue weighted by molar-refractivity contribution is -0.135. The molecule has 0 fully saturated rings. The highest BCUT2D eigenvalue weighted by molar-refractivity contribution is 9.10. The van der Waals surface area contributed by atoms with Crippen molar-refractivity contribution in [1.82, 2.24) is 5.32 Å². The van der Waals surface area contributed by atoms with E-state index in [1.165, 1.54) is 0 Å². The number of aryl methyl sites for hydroxylation is 1. The van der Waals surface area contributed by atoms with E-state index in [4.69, 9.17) is 0 Å². The molecule has 0 saturated carbocycles. The van der Waals surface area contributed by atoms with Crippen LogP contribution in [0.2, 0.25) is 0 Å². The van der Waals surface area contributed by atoms with Crippen LogP contribution in [0.1, 0.15) is 36.4 Å². The van der Waals surface area contributed by atoms with E-state index in [9.17, 15) is 13.2 Å². The molecule has 0 heterocycles. The van der Waals surface area contributed by atoms with Crippen LogP contribution in [-0.4, -0.2) is 13.2 Å². The summed E-state index contributed by atoms with van der Waals surface area (Å²) in [5.74, 6) is 0. The predicted molar refractivity (Wildman–Crippen MR) is 70.6 cm³/mol. The van der Waals surface area contributed by atoms with Gasteiger partial charge in [0.1, 0.15) is 0 Å². The topological polar surface area (TPSA) is 12.0 Å². The highest BCUT2D eigenvalue weighted by Gasteiger charge is 2.26. The Hall–Kier alpha value is -0.550. The fraction of sp³-hybridized carbons (Fsp3) is 0.538. The van der Waals surface area contributed by atoms with Gasteiger partial charge in [-0.3, -0.25) is 0 Å². The lowest BCUT2D eigenvalue weighted by atomic mass is 9.99. The van der Waals surface area contributed by atoms with Gasteiger partial charge in [0, 0.05) is 16.9 Å². The van der Waals surface area contributed by atoms with Gasteiger partial charge in [-0.25, -0.2) is 0 Å². The Bertz CT molecular complexity index is 370. The first-order chi connectivity index (χ1) is 8.31. The maximum absolute atomic E-state index is 12.1. The SMILES string of the molecule is CNC(CCCC(F)(F)F)c1cc(C)cc(Br)c1. The molecule has 18 heavy (non-hydrogen) atoms. The van der Waals surface area contributed by atoms with Crippen molar-refractivity contribution < 1.29 is 13.2 Å². The molecule has 5 heteroatoms. The van der Waals surface area contributed by atoms with Crippen LogP contribution in [0, 0.1) is 6.92 Å². The van der Waals surface area contributed by atoms with Gasteiger partial charge in [0.15, 0.2) is 0 Å². The van der Waals surface area contributed by atoms with Crippen LogP contribution in [0.4, 0.5) is 13.2 Å². The molecular formula is C13H17BrF3N. The summed E-state index contributed by atoms with van der Waals surface area (Å²) >= 11 is 3.40. The summed E-state index contributed by atoms with van der Waals surface area (Å²) in [6.07, 6.45) is -4.17. The van der Waals surface area contributed by atoms with Crippen molar-refractivity contribution in [2.24, 2.45) is 0 Å². The highest BCUT2D eigenvalue weighted by atomic mass is 79.9. The lowest BCUT2D eigenvalue weighted by Gasteiger charge is -2.18. The fourth-order valence-electron chi connectivity index (χ4n) is 1.95. The Balaban J connectivity index is 2.65. The second-order valence-corrected chi connectivity index (χ2v) is 5.33. The third kappa shape index (κ3) is 5.40. The van der Waals surface area contributed by atoms with Crippen molar-refractivity contribution in [1.29, 1.82) is 0 Å². The summed E-state index contributed by atoms with van der Waals surface area (Å²) in [4.78, 5) is 0. The molecule has 1 N–H and O–H groups in total. The molecule has 0 bridgehead atoms. The molecule has 0 aromatic heterocycles. The van der Waals surface area contributed by atoms with Gasteiger partial charge in [-0.1, -0.05) is 22.0 Å². The average Bonchev–Trinajstić information content (AvgIpc) is 2.21. The number of alkyl halides is 3. The van der Waals surface area contributed by atoms with Crippen molar-refractivity contribution in [3.05, 3.63) is 33.8 Å². The summed E-state index contributed by atoms with van der Waals surface area (Å²) in [5.41, 5.74) is 2.11. The van der Waals surface area contributed by atoms with Crippen molar-refractivity contribution >= 4 is 15.9 Å². The normalized spacial score (nSPS) is 13.7. The van der Waals surface area contributed by atoms with Gasteiger partial charge in [-0.2, -0.15) is 13.2 Å². The molecule has 0 amide bonds. The zero-order chi connectivity index (χ0) is 13.8. The molecule has 1 rings (SSSR count). The lowest BCUT2D eigenvalue weighted by Crippen LogP contribution is -2.17. The minimum atomic E-state index is -4.06. The third-order valence-corrected chi connectivity index (χ3v) is 3.23. The number of halogens is 4. The molecular weight excluding hydrogens is 307 g/mol. The predicted octanol–water partition coefficient (Wildman–Crippen LogP) is 4.75. The molecule has 0 saturated heterocycles. The summed E-state index contributed by atoms with van der Waals surface area (Å²) in [7, 11) is 1.77. The quantitative estimate of drug-likeness (QED) is 0.824. The van der Waals surface area contributed by atoms with Crippen molar-refractivity contribution in [2.75, 3.05) is 7.05 Å². The molecule has 1 aromatic rings. The number of hydrogen-bond acceptors (Lipinski definition) is 1. The summed E-state index contributed by atoms with van der Waals surface area (Å²) in [6, 6.07) is 5.89. The number of hydrogen-bond donors (Lipinski definition) is 1. The number of benzene rings is 1. The van der Waals surface area contributed by atoms with E-state index in [1.807, 2.05) is 25.1 Å². The molecule has 0 aliphatic heterocycles. The van der Waals surface area contributed by atoms with E-state index in [1.54, 1.807) is 7.05 Å². The molecule has 0 spiro atoms. The maximum Gasteiger partial charge on any atom is 0.389 e. The molecule has 0 aliphatic carbocycles. The van der Waals surface area contributed by atoms with Crippen LogP contribution in [0.25, 0.3) is 0 Å². The largest absolute Gasteiger partial charge is 0.389 e. The molecule has 0 aliphatic rings. The van der Waals surface area contributed by atoms with Crippen LogP contribution < -0.4 is 5.32 Å². The van der Waals surface area contributed by atoms with E-state index in [0.29, 0.717) is 6.42 Å². The second-order valence-electron chi connectivity index (χ2n) is 4.41. The van der Waals surface area contributed by atoms with Crippen molar-refractivity contribution in [2.45, 2.75) is 38.4 Å². The first-order valence-corrected chi connectivity index (χ1v) is 6.62. The van der Waals surface area contributed by atoms with Gasteiger partial charge in [0.25, 0.3) is 0 Å². The van der Waals surface area contributed by atoms with Gasteiger partial charge in [-0.05, 0) is 50.1 Å². The van der Waals surface area contributed by atoms with E-state index >= 15 is 0 Å². The van der Waals surface area contributed by atoms with Gasteiger partial charge in [0.05, 0.1) is 0 Å². The van der Waals surface area contributed by atoms with Crippen LogP contribution in [0.3, 0.4) is 0 Å². The first-order valence-electron chi connectivity index (χ1n) is 5.83. The Morgan fingerprint density at radius 3 is 2.44 bits per heavy atom. The van der Waals surface area contributed by atoms with E-state index in [-0.39, 0.29) is 12.5 Å². The van der Waals surface area contributed by atoms with E-state index in [0.717, 1.165) is 15.6 Å². The van der Waals surface area contributed by atoms with Gasteiger partial charge < -0.3 is 5.32 Å². The van der Waals surface area contributed by atoms with Crippen LogP contribution >= 0.6 is 15.9 Å². The molecule has 1 nitrogen and oxygen atoms in total. The Labute approximate surface area is 114 Å². The maximum atomic E-state index is 12.1. The summed E-state index contributed by atoms with van der Waals surface area (Å²) < 4.78 is 37.3. The monoisotopic (exact) mass is 323 g/mol. The molecule has 1 atom stereocenters. The fourth-order valence-corrected chi connectivity index (χ4v) is 2.58. The van der Waals surface area contributed by atoms with E-state index in [2.05, 4.69) is 21.2 Å². The van der Waals surface area contributed by atoms with E-state index < -0.39 is 12.6 Å². The zero-order valence-electron chi connectivity index (χ0n) is 10.4. The third-order valence-electron chi connectivity index (χ3n) is 2.77. The van der Waals surface area contributed by atoms with Crippen LogP contribution in [0.5, 0.6) is 0 Å². The Morgan fingerprint density at radius 2 is 1.94 bits per heavy atom. The molecule has 102 valence electrons. The number of nitrogens with one attached hydrogen (secondary N) is 1. The second kappa shape index (κ2) is 6.57. The highest BCUT2D eigenvalue weighted by Crippen LogP contribution is 2.27. The van der Waals surface area contributed by atoms with Gasteiger partial charge in [-0.15, -0.1) is 0 Å². The minimum absolute atomic E-state index is 0.0384. The van der Waals surface area contributed by atoms with Crippen LogP contribution in [0.15, 0.2) is 22.7 Å². The number of rotatable bonds is 5. The minimum Gasteiger partial charge on any atom is -0.313 e. The molecule has 1 unspecified atom stereocenters. The first kappa shape index (κ1) is 15.5. The summed E-state index contributed by atoms with van der Waals surface area (Å²) in [6.45, 7) is 1.97. The standard InChI is InChI=1S/C13H17BrF3N/c1-9-6-10(8-11(14)7-9)12(18-2)4-3-5-13(15,16)17/h6-8,12,18H,3-5H2,1-2H3. The summed E-state index contributed by atoms with van der Waals surface area (Å²) in [5, 5.41) is 3.07. The van der Waals surface area contributed by atoms with Gasteiger partial charge >= 0.3 is 6.18 Å². The molecule has 1 aromatic carbocycles. The molecule has 0 radical (unpaired) electrons. The smallest absolute Gasteiger partial charge is 0.313 e. The average molecular weight is 324 g/mol. The van der Waals surface area contributed by atoms with Crippen LogP contribution in [-0.2, 0) is 0 Å².